The van der Waals surface area contributed by atoms with Gasteiger partial charge in [0.05, 0.1) is 12.1 Å². The van der Waals surface area contributed by atoms with Crippen LogP contribution in [0.1, 0.15) is 0 Å². The van der Waals surface area contributed by atoms with E-state index >= 15 is 0 Å². The van der Waals surface area contributed by atoms with Crippen LogP contribution in [0.5, 0.6) is 17.2 Å². The number of halogens is 1. The third-order valence-corrected chi connectivity index (χ3v) is 3.71. The molecule has 3 rings (SSSR count). The molecule has 2 aromatic carbocycles. The summed E-state index contributed by atoms with van der Waals surface area (Å²) in [5, 5.41) is 5.30. The second-order valence-electron chi connectivity index (χ2n) is 5.12. The van der Waals surface area contributed by atoms with Crippen molar-refractivity contribution >= 4 is 34.8 Å². The summed E-state index contributed by atoms with van der Waals surface area (Å²) in [6.45, 7) is 0.911. The lowest BCUT2D eigenvalue weighted by atomic mass is 10.2. The second-order valence-corrected chi connectivity index (χ2v) is 5.52. The number of rotatable bonds is 3. The molecule has 0 bridgehead atoms. The van der Waals surface area contributed by atoms with Crippen molar-refractivity contribution in [2.24, 2.45) is 0 Å². The van der Waals surface area contributed by atoms with Gasteiger partial charge in [-0.05, 0) is 30.3 Å². The van der Waals surface area contributed by atoms with Crippen molar-refractivity contribution in [2.75, 3.05) is 31.0 Å². The van der Waals surface area contributed by atoms with Crippen LogP contribution in [0.25, 0.3) is 0 Å². The van der Waals surface area contributed by atoms with E-state index in [2.05, 4.69) is 10.6 Å². The monoisotopic (exact) mass is 362 g/mol. The number of anilines is 2. The SMILES string of the molecule is COc1ccc(NC(=O)C(=O)Nc2ccc3c(c2)OCCO3)cc1Cl. The van der Waals surface area contributed by atoms with Gasteiger partial charge in [0.25, 0.3) is 0 Å². The van der Waals surface area contributed by atoms with Crippen molar-refractivity contribution < 1.29 is 23.8 Å². The summed E-state index contributed by atoms with van der Waals surface area (Å²) >= 11 is 5.99. The normalized spacial score (nSPS) is 12.2. The van der Waals surface area contributed by atoms with E-state index in [1.165, 1.54) is 13.2 Å². The molecule has 0 radical (unpaired) electrons. The quantitative estimate of drug-likeness (QED) is 0.820. The number of ether oxygens (including phenoxy) is 3. The third kappa shape index (κ3) is 3.95. The van der Waals surface area contributed by atoms with E-state index in [1.54, 1.807) is 30.3 Å². The summed E-state index contributed by atoms with van der Waals surface area (Å²) in [4.78, 5) is 24.1. The highest BCUT2D eigenvalue weighted by Gasteiger charge is 2.17. The predicted molar refractivity (Wildman–Crippen MR) is 92.7 cm³/mol. The van der Waals surface area contributed by atoms with Crippen LogP contribution in [-0.2, 0) is 9.59 Å². The van der Waals surface area contributed by atoms with Gasteiger partial charge in [0.2, 0.25) is 0 Å². The molecule has 7 nitrogen and oxygen atoms in total. The Morgan fingerprint density at radius 3 is 2.20 bits per heavy atom. The minimum atomic E-state index is -0.823. The zero-order chi connectivity index (χ0) is 17.8. The molecule has 0 saturated heterocycles. The molecule has 1 aliphatic rings. The Hall–Kier alpha value is -2.93. The number of benzene rings is 2. The van der Waals surface area contributed by atoms with E-state index in [0.29, 0.717) is 46.9 Å². The molecule has 2 aromatic rings. The molecule has 0 unspecified atom stereocenters. The number of carbonyl (C=O) groups excluding carboxylic acids is 2. The molecule has 0 fully saturated rings. The molecule has 130 valence electrons. The number of fused-ring (bicyclic) bond motifs is 1. The molecule has 1 heterocycles. The number of hydrogen-bond donors (Lipinski definition) is 2. The molecule has 1 aliphatic heterocycles. The van der Waals surface area contributed by atoms with Gasteiger partial charge in [-0.3, -0.25) is 9.59 Å². The maximum Gasteiger partial charge on any atom is 0.314 e. The van der Waals surface area contributed by atoms with E-state index in [9.17, 15) is 9.59 Å². The van der Waals surface area contributed by atoms with Gasteiger partial charge in [0.1, 0.15) is 19.0 Å². The highest BCUT2D eigenvalue weighted by molar-refractivity contribution is 6.43. The first-order chi connectivity index (χ1) is 12.1. The van der Waals surface area contributed by atoms with Gasteiger partial charge in [0, 0.05) is 17.4 Å². The van der Waals surface area contributed by atoms with Gasteiger partial charge in [-0.2, -0.15) is 0 Å². The molecule has 2 N–H and O–H groups in total. The van der Waals surface area contributed by atoms with Crippen LogP contribution in [0.2, 0.25) is 5.02 Å². The Bertz CT molecular complexity index is 825. The number of carbonyl (C=O) groups is 2. The second kappa shape index (κ2) is 7.31. The van der Waals surface area contributed by atoms with Crippen molar-refractivity contribution in [2.45, 2.75) is 0 Å². The Labute approximate surface area is 148 Å². The summed E-state index contributed by atoms with van der Waals surface area (Å²) in [7, 11) is 1.49. The Morgan fingerprint density at radius 1 is 0.960 bits per heavy atom. The molecule has 0 spiro atoms. The van der Waals surface area contributed by atoms with Crippen LogP contribution in [0, 0.1) is 0 Å². The van der Waals surface area contributed by atoms with Gasteiger partial charge in [-0.1, -0.05) is 11.6 Å². The maximum atomic E-state index is 12.0. The first-order valence-electron chi connectivity index (χ1n) is 7.42. The summed E-state index contributed by atoms with van der Waals surface area (Å²) in [5.74, 6) is -0.0481. The van der Waals surface area contributed by atoms with Crippen LogP contribution >= 0.6 is 11.6 Å². The fourth-order valence-corrected chi connectivity index (χ4v) is 2.50. The lowest BCUT2D eigenvalue weighted by Crippen LogP contribution is -2.29. The van der Waals surface area contributed by atoms with Crippen molar-refractivity contribution in [3.05, 3.63) is 41.4 Å². The highest BCUT2D eigenvalue weighted by atomic mass is 35.5. The minimum absolute atomic E-state index is 0.326. The van der Waals surface area contributed by atoms with E-state index in [-0.39, 0.29) is 0 Å². The molecule has 0 saturated carbocycles. The van der Waals surface area contributed by atoms with Gasteiger partial charge in [-0.15, -0.1) is 0 Å². The number of hydrogen-bond acceptors (Lipinski definition) is 5. The van der Waals surface area contributed by atoms with Crippen molar-refractivity contribution in [3.8, 4) is 17.2 Å². The number of amides is 2. The average molecular weight is 363 g/mol. The Balaban J connectivity index is 1.64. The third-order valence-electron chi connectivity index (χ3n) is 3.42. The van der Waals surface area contributed by atoms with E-state index in [0.717, 1.165) is 0 Å². The molecule has 25 heavy (non-hydrogen) atoms. The summed E-state index contributed by atoms with van der Waals surface area (Å²) in [6, 6.07) is 9.57. The van der Waals surface area contributed by atoms with Gasteiger partial charge in [0.15, 0.2) is 11.5 Å². The molecule has 8 heteroatoms. The van der Waals surface area contributed by atoms with E-state index in [4.69, 9.17) is 25.8 Å². The number of methoxy groups -OCH3 is 1. The maximum absolute atomic E-state index is 12.0. The fourth-order valence-electron chi connectivity index (χ4n) is 2.24. The van der Waals surface area contributed by atoms with Gasteiger partial charge in [-0.25, -0.2) is 0 Å². The number of nitrogens with one attached hydrogen (secondary N) is 2. The molecule has 0 aromatic heterocycles. The van der Waals surface area contributed by atoms with Crippen molar-refractivity contribution in [1.82, 2.24) is 0 Å². The predicted octanol–water partition coefficient (Wildman–Crippen LogP) is 2.70. The summed E-state index contributed by atoms with van der Waals surface area (Å²) in [6.07, 6.45) is 0. The van der Waals surface area contributed by atoms with E-state index < -0.39 is 11.8 Å². The van der Waals surface area contributed by atoms with Crippen molar-refractivity contribution in [3.63, 3.8) is 0 Å². The average Bonchev–Trinajstić information content (AvgIpc) is 2.61. The zero-order valence-corrected chi connectivity index (χ0v) is 14.1. The molecule has 0 atom stereocenters. The van der Waals surface area contributed by atoms with Gasteiger partial charge < -0.3 is 24.8 Å². The topological polar surface area (TPSA) is 85.9 Å². The van der Waals surface area contributed by atoms with Crippen molar-refractivity contribution in [1.29, 1.82) is 0 Å². The molecular formula is C17H15ClN2O5. The molecular weight excluding hydrogens is 348 g/mol. The van der Waals surface area contributed by atoms with E-state index in [1.807, 2.05) is 0 Å². The zero-order valence-electron chi connectivity index (χ0n) is 13.3. The largest absolute Gasteiger partial charge is 0.495 e. The smallest absolute Gasteiger partial charge is 0.314 e. The van der Waals surface area contributed by atoms with Crippen LogP contribution < -0.4 is 24.8 Å². The first-order valence-corrected chi connectivity index (χ1v) is 7.80. The van der Waals surface area contributed by atoms with Crippen LogP contribution in [0.15, 0.2) is 36.4 Å². The molecule has 0 aliphatic carbocycles. The first kappa shape index (κ1) is 16.9. The Morgan fingerprint density at radius 2 is 1.56 bits per heavy atom. The van der Waals surface area contributed by atoms with Crippen LogP contribution in [-0.4, -0.2) is 32.1 Å². The standard InChI is InChI=1S/C17H15ClN2O5/c1-23-13-4-2-10(8-12(13)18)19-16(21)17(22)20-11-3-5-14-15(9-11)25-7-6-24-14/h2-5,8-9H,6-7H2,1H3,(H,19,21)(H,20,22). The molecule has 2 amide bonds. The summed E-state index contributed by atoms with van der Waals surface area (Å²) < 4.78 is 15.9. The minimum Gasteiger partial charge on any atom is -0.495 e. The Kier molecular flexibility index (Phi) is 4.95. The van der Waals surface area contributed by atoms with Crippen LogP contribution in [0.4, 0.5) is 11.4 Å². The lowest BCUT2D eigenvalue weighted by Gasteiger charge is -2.18. The fraction of sp³-hybridized carbons (Fsp3) is 0.176. The summed E-state index contributed by atoms with van der Waals surface area (Å²) in [5.41, 5.74) is 0.810. The van der Waals surface area contributed by atoms with Crippen LogP contribution in [0.3, 0.4) is 0 Å². The van der Waals surface area contributed by atoms with Gasteiger partial charge >= 0.3 is 11.8 Å². The lowest BCUT2D eigenvalue weighted by molar-refractivity contribution is -0.133. The highest BCUT2D eigenvalue weighted by Crippen LogP contribution is 2.32.